The number of anilines is 2. The fraction of sp³-hybridized carbons (Fsp3) is 0.548. The number of piperazine rings is 1. The van der Waals surface area contributed by atoms with E-state index in [-0.39, 0.29) is 11.4 Å². The van der Waals surface area contributed by atoms with Crippen molar-refractivity contribution < 1.29 is 9.13 Å². The van der Waals surface area contributed by atoms with Crippen molar-refractivity contribution >= 4 is 22.3 Å². The van der Waals surface area contributed by atoms with Crippen LogP contribution in [0.5, 0.6) is 6.01 Å². The molecule has 204 valence electrons. The topological polar surface area (TPSA) is 56.8 Å². The van der Waals surface area contributed by atoms with E-state index < -0.39 is 0 Å². The number of hydrogen-bond donors (Lipinski definition) is 1. The number of nitrogens with one attached hydrogen (secondary N) is 1. The molecule has 4 saturated heterocycles. The van der Waals surface area contributed by atoms with Crippen molar-refractivity contribution in [1.29, 1.82) is 0 Å². The molecule has 2 bridgehead atoms. The van der Waals surface area contributed by atoms with E-state index in [4.69, 9.17) is 14.7 Å². The zero-order chi connectivity index (χ0) is 26.0. The van der Waals surface area contributed by atoms with Crippen molar-refractivity contribution in [1.82, 2.24) is 20.2 Å². The third kappa shape index (κ3) is 4.06. The van der Waals surface area contributed by atoms with Crippen molar-refractivity contribution in [2.24, 2.45) is 0 Å². The number of halogens is 1. The Kier molecular flexibility index (Phi) is 5.70. The standard InChI is InChI=1S/C31H37FN6O/c32-25-7-1-5-21-6-2-8-27(28(21)25)36-16-11-24-26(19-36)34-30(39-20-31-12-3-14-38(31)15-4-13-31)35-29(24)37-17-22-9-10-23(18-37)33-22/h1-2,5-8,22-23,33H,3-4,9-20H2. The van der Waals surface area contributed by atoms with Gasteiger partial charge in [0.2, 0.25) is 0 Å². The largest absolute Gasteiger partial charge is 0.461 e. The van der Waals surface area contributed by atoms with Crippen LogP contribution in [0.25, 0.3) is 10.8 Å². The van der Waals surface area contributed by atoms with Crippen LogP contribution in [0.3, 0.4) is 0 Å². The number of hydrogen-bond acceptors (Lipinski definition) is 7. The molecule has 1 aromatic heterocycles. The first-order chi connectivity index (χ1) is 19.1. The molecule has 0 radical (unpaired) electrons. The summed E-state index contributed by atoms with van der Waals surface area (Å²) in [5.41, 5.74) is 3.35. The monoisotopic (exact) mass is 528 g/mol. The Morgan fingerprint density at radius 3 is 2.51 bits per heavy atom. The molecule has 0 amide bonds. The molecule has 0 spiro atoms. The molecule has 2 aromatic carbocycles. The Labute approximate surface area is 229 Å². The zero-order valence-electron chi connectivity index (χ0n) is 22.5. The highest BCUT2D eigenvalue weighted by Gasteiger charge is 2.45. The van der Waals surface area contributed by atoms with Gasteiger partial charge in [0.25, 0.3) is 0 Å². The Bertz CT molecular complexity index is 1390. The van der Waals surface area contributed by atoms with Gasteiger partial charge >= 0.3 is 6.01 Å². The van der Waals surface area contributed by atoms with Gasteiger partial charge in [-0.15, -0.1) is 0 Å². The Balaban J connectivity index is 1.15. The minimum atomic E-state index is -0.172. The SMILES string of the molecule is Fc1cccc2cccc(N3CCc4c(nc(OCC56CCCN5CCC6)nc4N4CC5CCC(C4)N5)C3)c12. The van der Waals surface area contributed by atoms with E-state index in [1.165, 1.54) is 57.2 Å². The lowest BCUT2D eigenvalue weighted by atomic mass is 9.95. The van der Waals surface area contributed by atoms with E-state index in [9.17, 15) is 0 Å². The van der Waals surface area contributed by atoms with Crippen LogP contribution in [0.2, 0.25) is 0 Å². The summed E-state index contributed by atoms with van der Waals surface area (Å²) in [6.07, 6.45) is 8.21. The van der Waals surface area contributed by atoms with Gasteiger partial charge in [0, 0.05) is 48.4 Å². The predicted octanol–water partition coefficient (Wildman–Crippen LogP) is 4.28. The molecule has 2 unspecified atom stereocenters. The van der Waals surface area contributed by atoms with E-state index in [0.717, 1.165) is 48.6 Å². The molecule has 0 aliphatic carbocycles. The maximum absolute atomic E-state index is 15.0. The van der Waals surface area contributed by atoms with E-state index in [1.807, 2.05) is 24.3 Å². The second-order valence-electron chi connectivity index (χ2n) is 12.3. The summed E-state index contributed by atoms with van der Waals surface area (Å²) in [6.45, 7) is 6.43. The first-order valence-electron chi connectivity index (χ1n) is 14.9. The molecule has 0 saturated carbocycles. The summed E-state index contributed by atoms with van der Waals surface area (Å²) in [4.78, 5) is 17.5. The molecule has 3 aromatic rings. The van der Waals surface area contributed by atoms with Crippen LogP contribution in [-0.4, -0.2) is 71.8 Å². The summed E-state index contributed by atoms with van der Waals surface area (Å²) in [5, 5.41) is 5.38. The summed E-state index contributed by atoms with van der Waals surface area (Å²) in [5.74, 6) is 0.888. The molecule has 8 heteroatoms. The molecule has 4 fully saturated rings. The van der Waals surface area contributed by atoms with Crippen LogP contribution in [0, 0.1) is 5.82 Å². The number of aromatic nitrogens is 2. The van der Waals surface area contributed by atoms with Crippen molar-refractivity contribution in [3.63, 3.8) is 0 Å². The van der Waals surface area contributed by atoms with Gasteiger partial charge in [-0.2, -0.15) is 9.97 Å². The quantitative estimate of drug-likeness (QED) is 0.531. The van der Waals surface area contributed by atoms with Crippen LogP contribution in [0.4, 0.5) is 15.9 Å². The smallest absolute Gasteiger partial charge is 0.318 e. The predicted molar refractivity (Wildman–Crippen MR) is 151 cm³/mol. The summed E-state index contributed by atoms with van der Waals surface area (Å²) in [6, 6.07) is 12.9. The average molecular weight is 529 g/mol. The molecule has 39 heavy (non-hydrogen) atoms. The minimum Gasteiger partial charge on any atom is -0.461 e. The van der Waals surface area contributed by atoms with Crippen molar-refractivity contribution in [2.75, 3.05) is 49.1 Å². The average Bonchev–Trinajstić information content (AvgIpc) is 3.64. The lowest BCUT2D eigenvalue weighted by Gasteiger charge is -2.38. The fourth-order valence-corrected chi connectivity index (χ4v) is 8.09. The van der Waals surface area contributed by atoms with Crippen LogP contribution in [0.15, 0.2) is 36.4 Å². The first-order valence-corrected chi connectivity index (χ1v) is 14.9. The van der Waals surface area contributed by atoms with Gasteiger partial charge in [-0.3, -0.25) is 4.90 Å². The van der Waals surface area contributed by atoms with Gasteiger partial charge in [0.1, 0.15) is 18.2 Å². The zero-order valence-corrected chi connectivity index (χ0v) is 22.5. The van der Waals surface area contributed by atoms with Crippen LogP contribution in [-0.2, 0) is 13.0 Å². The highest BCUT2D eigenvalue weighted by Crippen LogP contribution is 2.40. The molecule has 5 aliphatic rings. The summed E-state index contributed by atoms with van der Waals surface area (Å²) >= 11 is 0. The van der Waals surface area contributed by atoms with Gasteiger partial charge in [-0.25, -0.2) is 4.39 Å². The number of benzene rings is 2. The van der Waals surface area contributed by atoms with E-state index in [1.54, 1.807) is 12.1 Å². The van der Waals surface area contributed by atoms with E-state index in [0.29, 0.717) is 36.6 Å². The molecule has 5 aliphatic heterocycles. The highest BCUT2D eigenvalue weighted by atomic mass is 19.1. The molecular weight excluding hydrogens is 491 g/mol. The van der Waals surface area contributed by atoms with Gasteiger partial charge in [-0.05, 0) is 75.6 Å². The first kappa shape index (κ1) is 23.9. The second-order valence-corrected chi connectivity index (χ2v) is 12.3. The lowest BCUT2D eigenvalue weighted by molar-refractivity contribution is 0.107. The molecular formula is C31H37FN6O. The van der Waals surface area contributed by atoms with Crippen molar-refractivity contribution in [2.45, 2.75) is 69.1 Å². The molecule has 8 rings (SSSR count). The molecule has 7 nitrogen and oxygen atoms in total. The number of nitrogens with zero attached hydrogens (tertiary/aromatic N) is 5. The Morgan fingerprint density at radius 2 is 1.72 bits per heavy atom. The normalized spacial score (nSPS) is 25.8. The number of fused-ring (bicyclic) bond motifs is 5. The summed E-state index contributed by atoms with van der Waals surface area (Å²) in [7, 11) is 0. The van der Waals surface area contributed by atoms with Crippen molar-refractivity contribution in [3.05, 3.63) is 53.5 Å². The van der Waals surface area contributed by atoms with Gasteiger partial charge in [0.15, 0.2) is 0 Å². The fourth-order valence-electron chi connectivity index (χ4n) is 8.09. The third-order valence-electron chi connectivity index (χ3n) is 9.99. The minimum absolute atomic E-state index is 0.153. The van der Waals surface area contributed by atoms with Crippen LogP contribution >= 0.6 is 0 Å². The number of ether oxygens (including phenoxy) is 1. The maximum atomic E-state index is 15.0. The van der Waals surface area contributed by atoms with Gasteiger partial charge < -0.3 is 19.9 Å². The second kappa shape index (κ2) is 9.30. The molecule has 2 atom stereocenters. The highest BCUT2D eigenvalue weighted by molar-refractivity contribution is 5.95. The lowest BCUT2D eigenvalue weighted by Crippen LogP contribution is -2.52. The molecule has 6 heterocycles. The summed E-state index contributed by atoms with van der Waals surface area (Å²) < 4.78 is 21.5. The van der Waals surface area contributed by atoms with Gasteiger partial charge in [-0.1, -0.05) is 24.3 Å². The molecule has 1 N–H and O–H groups in total. The van der Waals surface area contributed by atoms with Crippen LogP contribution in [0.1, 0.15) is 49.8 Å². The third-order valence-corrected chi connectivity index (χ3v) is 9.99. The van der Waals surface area contributed by atoms with Crippen LogP contribution < -0.4 is 19.9 Å². The Hall–Kier alpha value is -2.97. The van der Waals surface area contributed by atoms with E-state index in [2.05, 4.69) is 20.0 Å². The maximum Gasteiger partial charge on any atom is 0.318 e. The van der Waals surface area contributed by atoms with Gasteiger partial charge in [0.05, 0.1) is 17.8 Å². The van der Waals surface area contributed by atoms with E-state index >= 15 is 4.39 Å². The van der Waals surface area contributed by atoms with Crippen molar-refractivity contribution in [3.8, 4) is 6.01 Å². The number of rotatable bonds is 5. The Morgan fingerprint density at radius 1 is 0.949 bits per heavy atom.